The Morgan fingerprint density at radius 3 is 2.92 bits per heavy atom. The molecule has 68 valence electrons. The van der Waals surface area contributed by atoms with Gasteiger partial charge in [-0.2, -0.15) is 0 Å². The van der Waals surface area contributed by atoms with Crippen molar-refractivity contribution < 1.29 is 14.3 Å². The Bertz CT molecular complexity index is 202. The van der Waals surface area contributed by atoms with E-state index in [-0.39, 0.29) is 18.1 Å². The van der Waals surface area contributed by atoms with Gasteiger partial charge >= 0.3 is 5.97 Å². The van der Waals surface area contributed by atoms with Gasteiger partial charge in [0.2, 0.25) is 5.91 Å². The molecule has 1 fully saturated rings. The summed E-state index contributed by atoms with van der Waals surface area (Å²) in [6, 6.07) is 0. The van der Waals surface area contributed by atoms with Crippen LogP contribution in [0.15, 0.2) is 0 Å². The van der Waals surface area contributed by atoms with Gasteiger partial charge in [-0.15, -0.1) is 0 Å². The minimum Gasteiger partial charge on any atom is -0.442 e. The van der Waals surface area contributed by atoms with Gasteiger partial charge in [0.15, 0.2) is 6.23 Å². The summed E-state index contributed by atoms with van der Waals surface area (Å²) in [7, 11) is 1.66. The van der Waals surface area contributed by atoms with E-state index in [9.17, 15) is 9.59 Å². The van der Waals surface area contributed by atoms with Crippen molar-refractivity contribution in [1.29, 1.82) is 0 Å². The Balaban J connectivity index is 2.52. The van der Waals surface area contributed by atoms with Gasteiger partial charge < -0.3 is 9.64 Å². The normalized spacial score (nSPS) is 24.0. The molecule has 1 rings (SSSR count). The minimum atomic E-state index is -0.344. The van der Waals surface area contributed by atoms with E-state index in [1.807, 2.05) is 0 Å². The summed E-state index contributed by atoms with van der Waals surface area (Å²) in [6.07, 6.45) is 1.78. The molecule has 0 aromatic carbocycles. The van der Waals surface area contributed by atoms with Gasteiger partial charge in [0.1, 0.15) is 0 Å². The van der Waals surface area contributed by atoms with Crippen LogP contribution in [-0.2, 0) is 14.3 Å². The average Bonchev–Trinajstić information content (AvgIpc) is 1.98. The first-order valence-corrected chi connectivity index (χ1v) is 4.04. The molecule has 0 saturated carbocycles. The monoisotopic (exact) mass is 171 g/mol. The first-order valence-electron chi connectivity index (χ1n) is 4.04. The van der Waals surface area contributed by atoms with Crippen LogP contribution in [-0.4, -0.2) is 30.1 Å². The van der Waals surface area contributed by atoms with Crippen molar-refractivity contribution in [2.24, 2.45) is 0 Å². The molecule has 0 N–H and O–H groups in total. The van der Waals surface area contributed by atoms with Crippen molar-refractivity contribution in [3.63, 3.8) is 0 Å². The molecule has 1 atom stereocenters. The minimum absolute atomic E-state index is 0.0486. The Kier molecular flexibility index (Phi) is 2.68. The molecule has 1 saturated heterocycles. The van der Waals surface area contributed by atoms with E-state index < -0.39 is 0 Å². The van der Waals surface area contributed by atoms with E-state index in [2.05, 4.69) is 0 Å². The average molecular weight is 171 g/mol. The number of ether oxygens (including phenoxy) is 1. The van der Waals surface area contributed by atoms with E-state index in [1.54, 1.807) is 7.05 Å². The Morgan fingerprint density at radius 1 is 1.67 bits per heavy atom. The maximum Gasteiger partial charge on any atom is 0.304 e. The van der Waals surface area contributed by atoms with Crippen LogP contribution in [0.5, 0.6) is 0 Å². The predicted molar refractivity (Wildman–Crippen MR) is 42.2 cm³/mol. The molecular weight excluding hydrogens is 158 g/mol. The quantitative estimate of drug-likeness (QED) is 0.540. The number of nitrogens with zero attached hydrogens (tertiary/aromatic N) is 1. The topological polar surface area (TPSA) is 46.6 Å². The molecule has 0 bridgehead atoms. The van der Waals surface area contributed by atoms with Gasteiger partial charge in [-0.05, 0) is 6.42 Å². The van der Waals surface area contributed by atoms with Crippen LogP contribution in [0.2, 0.25) is 0 Å². The predicted octanol–water partition coefficient (Wildman–Crippen LogP) is 0.518. The maximum atomic E-state index is 11.1. The van der Waals surface area contributed by atoms with E-state index >= 15 is 0 Å². The Morgan fingerprint density at radius 2 is 2.33 bits per heavy atom. The molecule has 1 aliphatic heterocycles. The lowest BCUT2D eigenvalue weighted by Gasteiger charge is -2.31. The molecule has 1 heterocycles. The molecule has 0 aromatic heterocycles. The van der Waals surface area contributed by atoms with Crippen LogP contribution < -0.4 is 0 Å². The second kappa shape index (κ2) is 3.56. The van der Waals surface area contributed by atoms with Gasteiger partial charge in [0, 0.05) is 26.8 Å². The summed E-state index contributed by atoms with van der Waals surface area (Å²) in [5.74, 6) is -0.283. The molecular formula is C8H13NO3. The van der Waals surface area contributed by atoms with E-state index in [0.717, 1.165) is 12.8 Å². The van der Waals surface area contributed by atoms with Gasteiger partial charge in [-0.1, -0.05) is 0 Å². The van der Waals surface area contributed by atoms with Crippen molar-refractivity contribution in [2.75, 3.05) is 7.05 Å². The number of carbonyl (C=O) groups excluding carboxylic acids is 2. The van der Waals surface area contributed by atoms with E-state index in [1.165, 1.54) is 11.8 Å². The fraction of sp³-hybridized carbons (Fsp3) is 0.750. The van der Waals surface area contributed by atoms with Gasteiger partial charge in [0.25, 0.3) is 0 Å². The summed E-state index contributed by atoms with van der Waals surface area (Å²) < 4.78 is 4.94. The molecule has 12 heavy (non-hydrogen) atoms. The van der Waals surface area contributed by atoms with E-state index in [4.69, 9.17) is 4.74 Å². The molecule has 4 nitrogen and oxygen atoms in total. The van der Waals surface area contributed by atoms with Crippen molar-refractivity contribution in [3.8, 4) is 0 Å². The Labute approximate surface area is 71.5 Å². The number of rotatable bonds is 1. The standard InChI is InChI=1S/C8H13NO3/c1-6(10)12-8-5-3-4-7(11)9(8)2/h8H,3-5H2,1-2H3. The summed E-state index contributed by atoms with van der Waals surface area (Å²) in [5, 5.41) is 0. The van der Waals surface area contributed by atoms with Crippen LogP contribution in [0.4, 0.5) is 0 Å². The summed E-state index contributed by atoms with van der Waals surface area (Å²) in [5.41, 5.74) is 0. The van der Waals surface area contributed by atoms with E-state index in [0.29, 0.717) is 6.42 Å². The van der Waals surface area contributed by atoms with Crippen LogP contribution in [0, 0.1) is 0 Å². The maximum absolute atomic E-state index is 11.1. The number of hydrogen-bond acceptors (Lipinski definition) is 3. The summed E-state index contributed by atoms with van der Waals surface area (Å²) in [4.78, 5) is 23.2. The second-order valence-electron chi connectivity index (χ2n) is 2.96. The second-order valence-corrected chi connectivity index (χ2v) is 2.96. The molecule has 1 unspecified atom stereocenters. The molecule has 1 aliphatic rings. The highest BCUT2D eigenvalue weighted by Crippen LogP contribution is 2.16. The zero-order valence-electron chi connectivity index (χ0n) is 7.37. The largest absolute Gasteiger partial charge is 0.442 e. The van der Waals surface area contributed by atoms with Crippen LogP contribution in [0.25, 0.3) is 0 Å². The third-order valence-electron chi connectivity index (χ3n) is 1.97. The Hall–Kier alpha value is -1.06. The van der Waals surface area contributed by atoms with Crippen molar-refractivity contribution in [1.82, 2.24) is 4.90 Å². The molecule has 0 aromatic rings. The number of amides is 1. The zero-order valence-corrected chi connectivity index (χ0v) is 7.37. The molecule has 1 amide bonds. The summed E-state index contributed by atoms with van der Waals surface area (Å²) in [6.45, 7) is 1.35. The van der Waals surface area contributed by atoms with Crippen LogP contribution >= 0.6 is 0 Å². The van der Waals surface area contributed by atoms with Crippen LogP contribution in [0.3, 0.4) is 0 Å². The molecule has 0 aliphatic carbocycles. The first-order chi connectivity index (χ1) is 5.61. The molecule has 4 heteroatoms. The highest BCUT2D eigenvalue weighted by atomic mass is 16.6. The number of hydrogen-bond donors (Lipinski definition) is 0. The smallest absolute Gasteiger partial charge is 0.304 e. The van der Waals surface area contributed by atoms with Crippen molar-refractivity contribution in [2.45, 2.75) is 32.4 Å². The third-order valence-corrected chi connectivity index (χ3v) is 1.97. The molecule has 0 spiro atoms. The fourth-order valence-electron chi connectivity index (χ4n) is 1.29. The number of esters is 1. The lowest BCUT2D eigenvalue weighted by molar-refractivity contribution is -0.165. The van der Waals surface area contributed by atoms with Crippen LogP contribution in [0.1, 0.15) is 26.2 Å². The van der Waals surface area contributed by atoms with Gasteiger partial charge in [-0.25, -0.2) is 0 Å². The number of piperidine rings is 1. The van der Waals surface area contributed by atoms with Crippen molar-refractivity contribution >= 4 is 11.9 Å². The lowest BCUT2D eigenvalue weighted by Crippen LogP contribution is -2.42. The highest BCUT2D eigenvalue weighted by molar-refractivity contribution is 5.77. The highest BCUT2D eigenvalue weighted by Gasteiger charge is 2.26. The fourth-order valence-corrected chi connectivity index (χ4v) is 1.29. The zero-order chi connectivity index (χ0) is 9.14. The van der Waals surface area contributed by atoms with Gasteiger partial charge in [-0.3, -0.25) is 9.59 Å². The third kappa shape index (κ3) is 1.96. The SMILES string of the molecule is CC(=O)OC1CCCC(=O)N1C. The number of likely N-dealkylation sites (tertiary alicyclic amines) is 1. The molecule has 0 radical (unpaired) electrons. The summed E-state index contributed by atoms with van der Waals surface area (Å²) >= 11 is 0. The lowest BCUT2D eigenvalue weighted by atomic mass is 10.1. The van der Waals surface area contributed by atoms with Crippen molar-refractivity contribution in [3.05, 3.63) is 0 Å². The first kappa shape index (κ1) is 9.03. The van der Waals surface area contributed by atoms with Gasteiger partial charge in [0.05, 0.1) is 0 Å². The number of carbonyl (C=O) groups is 2.